The fourth-order valence-electron chi connectivity index (χ4n) is 2.93. The number of aliphatic hydroxyl groups excluding tert-OH is 1. The Balaban J connectivity index is 1.96. The Morgan fingerprint density at radius 2 is 2.07 bits per heavy atom. The summed E-state index contributed by atoms with van der Waals surface area (Å²) in [5.74, 6) is 0. The minimum Gasteiger partial charge on any atom is -0.394 e. The van der Waals surface area contributed by atoms with E-state index in [1.54, 1.807) is 0 Å². The van der Waals surface area contributed by atoms with Crippen LogP contribution in [0.15, 0.2) is 15.8 Å². The van der Waals surface area contributed by atoms with Crippen LogP contribution in [0.2, 0.25) is 0 Å². The van der Waals surface area contributed by atoms with Gasteiger partial charge in [0.15, 0.2) is 0 Å². The van der Waals surface area contributed by atoms with Crippen molar-refractivity contribution in [1.82, 2.24) is 9.55 Å². The predicted octanol–water partition coefficient (Wildman–Crippen LogP) is 0.146. The van der Waals surface area contributed by atoms with E-state index < -0.39 is 44.1 Å². The number of nitrogens with one attached hydrogen (secondary N) is 1. The zero-order chi connectivity index (χ0) is 20.7. The molecule has 4 atom stereocenters. The molecule has 1 aromatic heterocycles. The number of aliphatic hydroxyl groups is 1. The molecule has 1 aliphatic rings. The summed E-state index contributed by atoms with van der Waals surface area (Å²) in [6.45, 7) is 1.71. The smallest absolute Gasteiger partial charge is 0.394 e. The number of hydrogen-bond acceptors (Lipinski definition) is 8. The van der Waals surface area contributed by atoms with Gasteiger partial charge in [-0.05, 0) is 26.3 Å². The number of aryl methyl sites for hydroxylation is 1. The molecule has 0 aromatic carbocycles. The van der Waals surface area contributed by atoms with Gasteiger partial charge >= 0.3 is 13.5 Å². The number of hydrogen-bond donors (Lipinski definition) is 4. The maximum absolute atomic E-state index is 12.2. The number of phosphoric ester groups is 1. The van der Waals surface area contributed by atoms with Gasteiger partial charge in [-0.15, -0.1) is 0 Å². The van der Waals surface area contributed by atoms with E-state index in [9.17, 15) is 24.2 Å². The van der Waals surface area contributed by atoms with Crippen molar-refractivity contribution < 1.29 is 28.3 Å². The first-order valence-electron chi connectivity index (χ1n) is 9.21. The van der Waals surface area contributed by atoms with Crippen LogP contribution < -0.4 is 17.0 Å². The summed E-state index contributed by atoms with van der Waals surface area (Å²) in [4.78, 5) is 35.6. The first-order valence-corrected chi connectivity index (χ1v) is 10.7. The van der Waals surface area contributed by atoms with Gasteiger partial charge in [-0.1, -0.05) is 12.8 Å². The molecule has 1 aliphatic heterocycles. The van der Waals surface area contributed by atoms with Crippen molar-refractivity contribution in [1.29, 1.82) is 0 Å². The maximum atomic E-state index is 12.2. The zero-order valence-electron chi connectivity index (χ0n) is 15.8. The van der Waals surface area contributed by atoms with E-state index >= 15 is 0 Å². The summed E-state index contributed by atoms with van der Waals surface area (Å²) in [6, 6.07) is 0. The average Bonchev–Trinajstić information content (AvgIpc) is 3.02. The van der Waals surface area contributed by atoms with Crippen LogP contribution in [0, 0.1) is 6.92 Å². The van der Waals surface area contributed by atoms with E-state index in [1.807, 2.05) is 0 Å². The lowest BCUT2D eigenvalue weighted by Crippen LogP contribution is -2.33. The molecule has 2 rings (SSSR count). The lowest BCUT2D eigenvalue weighted by molar-refractivity contribution is -0.0464. The largest absolute Gasteiger partial charge is 0.472 e. The fourth-order valence-corrected chi connectivity index (χ4v) is 3.91. The molecule has 1 saturated heterocycles. The summed E-state index contributed by atoms with van der Waals surface area (Å²) < 4.78 is 29.0. The predicted molar refractivity (Wildman–Crippen MR) is 99.8 cm³/mol. The summed E-state index contributed by atoms with van der Waals surface area (Å²) in [6.07, 6.45) is 1.83. The van der Waals surface area contributed by atoms with Gasteiger partial charge in [0, 0.05) is 18.2 Å². The molecule has 160 valence electrons. The molecule has 1 fully saturated rings. The highest BCUT2D eigenvalue weighted by Gasteiger charge is 2.41. The van der Waals surface area contributed by atoms with Gasteiger partial charge in [0.1, 0.15) is 18.4 Å². The number of ether oxygens (including phenoxy) is 1. The second kappa shape index (κ2) is 10.4. The maximum Gasteiger partial charge on any atom is 0.472 e. The first-order chi connectivity index (χ1) is 13.3. The Hall–Kier alpha value is -1.33. The molecule has 0 saturated carbocycles. The van der Waals surface area contributed by atoms with Crippen molar-refractivity contribution in [3.63, 3.8) is 0 Å². The van der Waals surface area contributed by atoms with Crippen LogP contribution in [-0.4, -0.2) is 51.5 Å². The van der Waals surface area contributed by atoms with E-state index in [0.29, 0.717) is 18.5 Å². The van der Waals surface area contributed by atoms with Crippen LogP contribution in [0.5, 0.6) is 0 Å². The number of nitrogens with zero attached hydrogens (tertiary/aromatic N) is 1. The lowest BCUT2D eigenvalue weighted by Gasteiger charge is -2.19. The number of nitrogens with two attached hydrogens (primary N) is 1. The van der Waals surface area contributed by atoms with Gasteiger partial charge in [-0.3, -0.25) is 23.4 Å². The molecule has 1 aromatic rings. The van der Waals surface area contributed by atoms with E-state index in [-0.39, 0.29) is 13.0 Å². The Kier molecular flexibility index (Phi) is 8.56. The van der Waals surface area contributed by atoms with Crippen molar-refractivity contribution in [2.24, 2.45) is 5.73 Å². The fraction of sp³-hybridized carbons (Fsp3) is 0.750. The molecular weight excluding hydrogens is 393 g/mol. The van der Waals surface area contributed by atoms with Crippen LogP contribution in [0.4, 0.5) is 0 Å². The molecule has 1 unspecified atom stereocenters. The van der Waals surface area contributed by atoms with Gasteiger partial charge in [-0.2, -0.15) is 0 Å². The summed E-state index contributed by atoms with van der Waals surface area (Å²) in [5, 5.41) is 9.49. The molecule has 0 radical (unpaired) electrons. The molecule has 11 nitrogen and oxygen atoms in total. The molecule has 0 bridgehead atoms. The van der Waals surface area contributed by atoms with Crippen molar-refractivity contribution in [2.75, 3.05) is 19.8 Å². The van der Waals surface area contributed by atoms with Crippen LogP contribution in [0.3, 0.4) is 0 Å². The minimum atomic E-state index is -4.36. The lowest BCUT2D eigenvalue weighted by atomic mass is 10.2. The third-order valence-corrected chi connectivity index (χ3v) is 5.48. The van der Waals surface area contributed by atoms with E-state index in [4.69, 9.17) is 19.5 Å². The molecule has 2 heterocycles. The quantitative estimate of drug-likeness (QED) is 0.287. The van der Waals surface area contributed by atoms with Gasteiger partial charge in [0.05, 0.1) is 13.2 Å². The zero-order valence-corrected chi connectivity index (χ0v) is 16.7. The Morgan fingerprint density at radius 1 is 1.36 bits per heavy atom. The van der Waals surface area contributed by atoms with Crippen LogP contribution >= 0.6 is 7.82 Å². The van der Waals surface area contributed by atoms with Gasteiger partial charge in [0.25, 0.3) is 5.56 Å². The minimum absolute atomic E-state index is 0.0288. The van der Waals surface area contributed by atoms with Gasteiger partial charge in [-0.25, -0.2) is 9.36 Å². The number of aromatic nitrogens is 2. The summed E-state index contributed by atoms with van der Waals surface area (Å²) in [5.41, 5.74) is 4.52. The Bertz CT molecular complexity index is 795. The monoisotopic (exact) mass is 421 g/mol. The SMILES string of the molecule is Cc1cn([C@H]2C[C@H](OP(=O)(O)OCCCCCCN)[C@@H](CO)O2)c(=O)[nH]c1=O. The number of H-pyrrole nitrogens is 1. The topological polar surface area (TPSA) is 166 Å². The molecule has 12 heteroatoms. The Morgan fingerprint density at radius 3 is 2.75 bits per heavy atom. The van der Waals surface area contributed by atoms with Gasteiger partial charge < -0.3 is 20.5 Å². The van der Waals surface area contributed by atoms with E-state index in [0.717, 1.165) is 23.8 Å². The second-order valence-corrected chi connectivity index (χ2v) is 8.08. The number of phosphoric acid groups is 1. The van der Waals surface area contributed by atoms with Crippen molar-refractivity contribution in [3.8, 4) is 0 Å². The molecule has 0 aliphatic carbocycles. The molecule has 0 spiro atoms. The van der Waals surface area contributed by atoms with Crippen LogP contribution in [0.25, 0.3) is 0 Å². The molecule has 0 amide bonds. The highest BCUT2D eigenvalue weighted by molar-refractivity contribution is 7.47. The number of rotatable bonds is 11. The third kappa shape index (κ3) is 6.35. The normalized spacial score (nSPS) is 24.4. The Labute approximate surface area is 162 Å². The average molecular weight is 421 g/mol. The second-order valence-electron chi connectivity index (χ2n) is 6.67. The van der Waals surface area contributed by atoms with Crippen LogP contribution in [0.1, 0.15) is 43.9 Å². The summed E-state index contributed by atoms with van der Waals surface area (Å²) in [7, 11) is -4.36. The van der Waals surface area contributed by atoms with Crippen molar-refractivity contribution in [2.45, 2.75) is 57.5 Å². The third-order valence-electron chi connectivity index (χ3n) is 4.44. The standard InChI is InChI=1S/C16H28N3O8P/c1-11-9-19(16(22)18-15(11)21)14-8-12(13(10-20)26-14)27-28(23,24)25-7-5-3-2-4-6-17/h9,12-14,20H,2-8,10,17H2,1H3,(H,23,24)(H,18,21,22)/t12-,13+,14+/m0/s1. The summed E-state index contributed by atoms with van der Waals surface area (Å²) >= 11 is 0. The number of aromatic amines is 1. The first kappa shape index (κ1) is 23.0. The highest BCUT2D eigenvalue weighted by atomic mass is 31.2. The highest BCUT2D eigenvalue weighted by Crippen LogP contribution is 2.48. The molecule has 28 heavy (non-hydrogen) atoms. The molecule has 5 N–H and O–H groups in total. The molecular formula is C16H28N3O8P. The van der Waals surface area contributed by atoms with Crippen LogP contribution in [-0.2, 0) is 18.3 Å². The van der Waals surface area contributed by atoms with Crippen molar-refractivity contribution >= 4 is 7.82 Å². The van der Waals surface area contributed by atoms with Crippen molar-refractivity contribution in [3.05, 3.63) is 32.6 Å². The van der Waals surface area contributed by atoms with E-state index in [2.05, 4.69) is 4.98 Å². The van der Waals surface area contributed by atoms with E-state index in [1.165, 1.54) is 13.1 Å². The van der Waals surface area contributed by atoms with Gasteiger partial charge in [0.2, 0.25) is 0 Å². The number of unbranched alkanes of at least 4 members (excludes halogenated alkanes) is 3.